The average molecular weight is 522 g/mol. The molecule has 4 aromatic carbocycles. The third-order valence-corrected chi connectivity index (χ3v) is 6.93. The number of aliphatic hydroxyl groups is 2. The fourth-order valence-electron chi connectivity index (χ4n) is 4.59. The van der Waals surface area contributed by atoms with Gasteiger partial charge in [0, 0.05) is 8.95 Å². The van der Waals surface area contributed by atoms with Crippen LogP contribution in [0.3, 0.4) is 0 Å². The van der Waals surface area contributed by atoms with Crippen molar-refractivity contribution in [2.24, 2.45) is 0 Å². The highest BCUT2D eigenvalue weighted by Crippen LogP contribution is 2.57. The van der Waals surface area contributed by atoms with Crippen molar-refractivity contribution in [2.75, 3.05) is 0 Å². The summed E-state index contributed by atoms with van der Waals surface area (Å²) in [6.07, 6.45) is 0. The molecule has 1 aliphatic carbocycles. The zero-order chi connectivity index (χ0) is 20.9. The summed E-state index contributed by atoms with van der Waals surface area (Å²) >= 11 is 7.14. The van der Waals surface area contributed by atoms with Crippen LogP contribution in [-0.2, 0) is 11.2 Å². The van der Waals surface area contributed by atoms with Crippen molar-refractivity contribution in [1.82, 2.24) is 0 Å². The van der Waals surface area contributed by atoms with Gasteiger partial charge in [0.15, 0.2) is 11.2 Å². The molecular formula is C26H18Br2O2. The fraction of sp³-hybridized carbons (Fsp3) is 0.0769. The summed E-state index contributed by atoms with van der Waals surface area (Å²) in [7, 11) is 0. The molecule has 0 spiro atoms. The minimum atomic E-state index is -1.69. The molecule has 0 heterocycles. The van der Waals surface area contributed by atoms with E-state index in [1.54, 1.807) is 0 Å². The van der Waals surface area contributed by atoms with E-state index in [-0.39, 0.29) is 0 Å². The molecule has 0 saturated carbocycles. The highest BCUT2D eigenvalue weighted by atomic mass is 79.9. The van der Waals surface area contributed by atoms with Gasteiger partial charge in [-0.15, -0.1) is 0 Å². The topological polar surface area (TPSA) is 40.5 Å². The Morgan fingerprint density at radius 1 is 0.500 bits per heavy atom. The number of benzene rings is 4. The highest BCUT2D eigenvalue weighted by molar-refractivity contribution is 9.10. The Bertz CT molecular complexity index is 1140. The minimum absolute atomic E-state index is 0.633. The Hall–Kier alpha value is -2.24. The molecule has 0 aliphatic heterocycles. The first-order valence-corrected chi connectivity index (χ1v) is 11.2. The normalized spacial score (nSPS) is 22.3. The largest absolute Gasteiger partial charge is 0.377 e. The number of halogens is 2. The number of rotatable bonds is 2. The second-order valence-corrected chi connectivity index (χ2v) is 9.36. The van der Waals surface area contributed by atoms with Gasteiger partial charge in [-0.3, -0.25) is 0 Å². The summed E-state index contributed by atoms with van der Waals surface area (Å²) in [5.74, 6) is 0. The van der Waals surface area contributed by atoms with Crippen molar-refractivity contribution in [2.45, 2.75) is 11.2 Å². The van der Waals surface area contributed by atoms with E-state index in [0.717, 1.165) is 20.1 Å². The summed E-state index contributed by atoms with van der Waals surface area (Å²) < 4.78 is 1.82. The van der Waals surface area contributed by atoms with Crippen LogP contribution in [0, 0.1) is 0 Å². The predicted octanol–water partition coefficient (Wildman–Crippen LogP) is 6.36. The maximum atomic E-state index is 12.5. The van der Waals surface area contributed by atoms with Gasteiger partial charge in [-0.25, -0.2) is 0 Å². The first-order chi connectivity index (χ1) is 14.5. The molecule has 148 valence electrons. The van der Waals surface area contributed by atoms with E-state index in [4.69, 9.17) is 0 Å². The first-order valence-electron chi connectivity index (χ1n) is 9.62. The molecule has 2 N–H and O–H groups in total. The Morgan fingerprint density at radius 2 is 0.867 bits per heavy atom. The lowest BCUT2D eigenvalue weighted by atomic mass is 9.60. The van der Waals surface area contributed by atoms with E-state index in [9.17, 15) is 10.2 Å². The summed E-state index contributed by atoms with van der Waals surface area (Å²) in [5, 5.41) is 25.0. The molecule has 0 saturated heterocycles. The lowest BCUT2D eigenvalue weighted by molar-refractivity contribution is -0.114. The summed E-state index contributed by atoms with van der Waals surface area (Å²) in [6.45, 7) is 0. The highest BCUT2D eigenvalue weighted by Gasteiger charge is 2.58. The molecule has 1 aliphatic rings. The van der Waals surface area contributed by atoms with Gasteiger partial charge in [-0.2, -0.15) is 0 Å². The molecule has 4 aromatic rings. The third-order valence-electron chi connectivity index (χ3n) is 5.94. The fourth-order valence-corrected chi connectivity index (χ4v) is 5.31. The maximum Gasteiger partial charge on any atom is 0.152 e. The molecule has 0 bridgehead atoms. The van der Waals surface area contributed by atoms with Gasteiger partial charge < -0.3 is 10.2 Å². The molecule has 0 fully saturated rings. The summed E-state index contributed by atoms with van der Waals surface area (Å²) in [4.78, 5) is 0. The SMILES string of the molecule is OC1(c2ccccc2)c2ccc(Br)cc2-c2cc(Br)ccc2C1(O)c1ccccc1. The minimum Gasteiger partial charge on any atom is -0.377 e. The Kier molecular flexibility index (Phi) is 4.71. The van der Waals surface area contributed by atoms with Crippen LogP contribution in [-0.4, -0.2) is 10.2 Å². The van der Waals surface area contributed by atoms with E-state index in [2.05, 4.69) is 31.9 Å². The van der Waals surface area contributed by atoms with E-state index in [0.29, 0.717) is 22.3 Å². The van der Waals surface area contributed by atoms with Crippen molar-refractivity contribution < 1.29 is 10.2 Å². The van der Waals surface area contributed by atoms with Gasteiger partial charge in [0.05, 0.1) is 0 Å². The van der Waals surface area contributed by atoms with Gasteiger partial charge in [-0.1, -0.05) is 105 Å². The standard InChI is InChI=1S/C26H18Br2O2/c27-19-11-13-23-21(15-19)22-16-20(28)12-14-24(22)26(30,18-9-5-2-6-10-18)25(23,29)17-7-3-1-4-8-17/h1-16,29-30H. The summed E-state index contributed by atoms with van der Waals surface area (Å²) in [6, 6.07) is 30.4. The van der Waals surface area contributed by atoms with E-state index in [1.807, 2.05) is 97.1 Å². The van der Waals surface area contributed by atoms with Crippen molar-refractivity contribution in [3.8, 4) is 11.1 Å². The summed E-state index contributed by atoms with van der Waals surface area (Å²) in [5.41, 5.74) is 0.976. The van der Waals surface area contributed by atoms with Crippen molar-refractivity contribution in [1.29, 1.82) is 0 Å². The second-order valence-electron chi connectivity index (χ2n) is 7.53. The third kappa shape index (κ3) is 2.68. The Balaban J connectivity index is 1.97. The van der Waals surface area contributed by atoms with Crippen LogP contribution < -0.4 is 0 Å². The van der Waals surface area contributed by atoms with E-state index >= 15 is 0 Å². The van der Waals surface area contributed by atoms with Gasteiger partial charge in [0.25, 0.3) is 0 Å². The molecule has 2 nitrogen and oxygen atoms in total. The predicted molar refractivity (Wildman–Crippen MR) is 126 cm³/mol. The molecule has 4 heteroatoms. The molecule has 30 heavy (non-hydrogen) atoms. The quantitative estimate of drug-likeness (QED) is 0.322. The number of fused-ring (bicyclic) bond motifs is 3. The van der Waals surface area contributed by atoms with Crippen LogP contribution in [0.2, 0.25) is 0 Å². The molecule has 5 rings (SSSR count). The molecule has 0 aromatic heterocycles. The zero-order valence-corrected chi connectivity index (χ0v) is 19.1. The van der Waals surface area contributed by atoms with Gasteiger partial charge in [0.1, 0.15) is 0 Å². The monoisotopic (exact) mass is 520 g/mol. The average Bonchev–Trinajstić information content (AvgIpc) is 2.78. The van der Waals surface area contributed by atoms with Crippen molar-refractivity contribution in [3.05, 3.63) is 128 Å². The first kappa shape index (κ1) is 19.7. The van der Waals surface area contributed by atoms with Gasteiger partial charge in [0.2, 0.25) is 0 Å². The molecule has 2 unspecified atom stereocenters. The van der Waals surface area contributed by atoms with Crippen LogP contribution in [0.5, 0.6) is 0 Å². The van der Waals surface area contributed by atoms with Crippen molar-refractivity contribution >= 4 is 31.9 Å². The lowest BCUT2D eigenvalue weighted by Gasteiger charge is -2.49. The number of hydrogen-bond donors (Lipinski definition) is 2. The lowest BCUT2D eigenvalue weighted by Crippen LogP contribution is -2.53. The van der Waals surface area contributed by atoms with Crippen LogP contribution in [0.25, 0.3) is 11.1 Å². The van der Waals surface area contributed by atoms with E-state index < -0.39 is 11.2 Å². The van der Waals surface area contributed by atoms with Crippen LogP contribution in [0.15, 0.2) is 106 Å². The van der Waals surface area contributed by atoms with E-state index in [1.165, 1.54) is 0 Å². The van der Waals surface area contributed by atoms with Crippen molar-refractivity contribution in [3.63, 3.8) is 0 Å². The molecule has 0 amide bonds. The van der Waals surface area contributed by atoms with Crippen LogP contribution in [0.1, 0.15) is 22.3 Å². The Morgan fingerprint density at radius 3 is 1.23 bits per heavy atom. The zero-order valence-electron chi connectivity index (χ0n) is 15.9. The van der Waals surface area contributed by atoms with Crippen LogP contribution in [0.4, 0.5) is 0 Å². The smallest absolute Gasteiger partial charge is 0.152 e. The Labute approximate surface area is 192 Å². The maximum absolute atomic E-state index is 12.5. The van der Waals surface area contributed by atoms with Crippen LogP contribution >= 0.6 is 31.9 Å². The second kappa shape index (κ2) is 7.17. The molecular weight excluding hydrogens is 504 g/mol. The molecule has 2 atom stereocenters. The number of hydrogen-bond acceptors (Lipinski definition) is 2. The molecule has 0 radical (unpaired) electrons. The van der Waals surface area contributed by atoms with Gasteiger partial charge >= 0.3 is 0 Å². The van der Waals surface area contributed by atoms with Gasteiger partial charge in [-0.05, 0) is 57.6 Å².